The number of benzene rings is 1. The average Bonchev–Trinajstić information content (AvgIpc) is 2.28. The second-order valence-corrected chi connectivity index (χ2v) is 5.10. The summed E-state index contributed by atoms with van der Waals surface area (Å²) in [5.41, 5.74) is 0.848. The lowest BCUT2D eigenvalue weighted by atomic mass is 9.93. The van der Waals surface area contributed by atoms with Crippen LogP contribution in [0.3, 0.4) is 0 Å². The van der Waals surface area contributed by atoms with Crippen molar-refractivity contribution in [2.45, 2.75) is 31.6 Å². The minimum Gasteiger partial charge on any atom is -0.481 e. The number of aliphatic carboxylic acids is 1. The van der Waals surface area contributed by atoms with Gasteiger partial charge in [0.2, 0.25) is 0 Å². The van der Waals surface area contributed by atoms with Crippen molar-refractivity contribution < 1.29 is 9.90 Å². The van der Waals surface area contributed by atoms with E-state index in [4.69, 9.17) is 5.26 Å². The van der Waals surface area contributed by atoms with Gasteiger partial charge in [-0.15, -0.1) is 0 Å². The molecule has 0 spiro atoms. The Morgan fingerprint density at radius 2 is 2.24 bits per heavy atom. The first-order chi connectivity index (χ1) is 8.15. The summed E-state index contributed by atoms with van der Waals surface area (Å²) in [6.07, 6.45) is 2.63. The molecule has 0 amide bonds. The predicted molar refractivity (Wildman–Crippen MR) is 73.6 cm³/mol. The topological polar surface area (TPSA) is 61.1 Å². The molecule has 0 aliphatic rings. The SMILES string of the molecule is N#CCCCCC(C(=O)O)c1cccc(I)c1. The Morgan fingerprint density at radius 3 is 2.82 bits per heavy atom. The van der Waals surface area contributed by atoms with Gasteiger partial charge in [0.15, 0.2) is 0 Å². The van der Waals surface area contributed by atoms with E-state index in [-0.39, 0.29) is 0 Å². The molecule has 17 heavy (non-hydrogen) atoms. The van der Waals surface area contributed by atoms with Crippen LogP contribution in [0.4, 0.5) is 0 Å². The summed E-state index contributed by atoms with van der Waals surface area (Å²) in [5, 5.41) is 17.6. The van der Waals surface area contributed by atoms with Crippen molar-refractivity contribution in [1.29, 1.82) is 5.26 Å². The zero-order valence-corrected chi connectivity index (χ0v) is 11.6. The van der Waals surface area contributed by atoms with Crippen molar-refractivity contribution in [2.75, 3.05) is 0 Å². The summed E-state index contributed by atoms with van der Waals surface area (Å²) in [6, 6.07) is 9.65. The van der Waals surface area contributed by atoms with E-state index >= 15 is 0 Å². The second kappa shape index (κ2) is 7.28. The third kappa shape index (κ3) is 4.73. The number of nitrogens with zero attached hydrogens (tertiary/aromatic N) is 1. The first-order valence-corrected chi connectivity index (χ1v) is 6.58. The van der Waals surface area contributed by atoms with Crippen molar-refractivity contribution in [2.24, 2.45) is 0 Å². The number of unbranched alkanes of at least 4 members (excludes halogenated alkanes) is 2. The van der Waals surface area contributed by atoms with Crippen LogP contribution < -0.4 is 0 Å². The third-order valence-electron chi connectivity index (χ3n) is 2.58. The predicted octanol–water partition coefficient (Wildman–Crippen LogP) is 3.54. The lowest BCUT2D eigenvalue weighted by Gasteiger charge is -2.12. The fraction of sp³-hybridized carbons (Fsp3) is 0.385. The minimum absolute atomic E-state index is 0.455. The number of nitriles is 1. The van der Waals surface area contributed by atoms with Crippen LogP contribution in [0.15, 0.2) is 24.3 Å². The molecule has 0 aliphatic carbocycles. The Kier molecular flexibility index (Phi) is 5.98. The highest BCUT2D eigenvalue weighted by Gasteiger charge is 2.19. The Labute approximate surface area is 115 Å². The Bertz CT molecular complexity index is 426. The molecule has 1 aromatic carbocycles. The summed E-state index contributed by atoms with van der Waals surface area (Å²) in [6.45, 7) is 0. The van der Waals surface area contributed by atoms with Gasteiger partial charge in [-0.3, -0.25) is 4.79 Å². The number of hydrogen-bond donors (Lipinski definition) is 1. The molecule has 0 aliphatic heterocycles. The zero-order valence-electron chi connectivity index (χ0n) is 9.40. The summed E-state index contributed by atoms with van der Waals surface area (Å²) < 4.78 is 1.04. The number of hydrogen-bond acceptors (Lipinski definition) is 2. The van der Waals surface area contributed by atoms with Crippen LogP contribution in [0, 0.1) is 14.9 Å². The van der Waals surface area contributed by atoms with E-state index in [2.05, 4.69) is 28.7 Å². The molecule has 3 nitrogen and oxygen atoms in total. The molecule has 1 unspecified atom stereocenters. The van der Waals surface area contributed by atoms with Gasteiger partial charge in [-0.25, -0.2) is 0 Å². The number of carbonyl (C=O) groups is 1. The van der Waals surface area contributed by atoms with Crippen LogP contribution in [0.2, 0.25) is 0 Å². The fourth-order valence-electron chi connectivity index (χ4n) is 1.71. The molecule has 0 saturated heterocycles. The lowest BCUT2D eigenvalue weighted by molar-refractivity contribution is -0.139. The van der Waals surface area contributed by atoms with Crippen LogP contribution in [-0.4, -0.2) is 11.1 Å². The fourth-order valence-corrected chi connectivity index (χ4v) is 2.28. The smallest absolute Gasteiger partial charge is 0.310 e. The van der Waals surface area contributed by atoms with Crippen LogP contribution in [0.5, 0.6) is 0 Å². The first-order valence-electron chi connectivity index (χ1n) is 5.50. The zero-order chi connectivity index (χ0) is 12.7. The van der Waals surface area contributed by atoms with Gasteiger partial charge in [0.25, 0.3) is 0 Å². The molecule has 0 aromatic heterocycles. The van der Waals surface area contributed by atoms with Crippen molar-refractivity contribution in [3.8, 4) is 6.07 Å². The van der Waals surface area contributed by atoms with Gasteiger partial charge in [0.1, 0.15) is 0 Å². The molecule has 0 bridgehead atoms. The maximum Gasteiger partial charge on any atom is 0.310 e. The monoisotopic (exact) mass is 343 g/mol. The van der Waals surface area contributed by atoms with Gasteiger partial charge < -0.3 is 5.11 Å². The van der Waals surface area contributed by atoms with E-state index in [0.29, 0.717) is 12.8 Å². The largest absolute Gasteiger partial charge is 0.481 e. The van der Waals surface area contributed by atoms with Crippen molar-refractivity contribution >= 4 is 28.6 Å². The summed E-state index contributed by atoms with van der Waals surface area (Å²) in [7, 11) is 0. The average molecular weight is 343 g/mol. The van der Waals surface area contributed by atoms with Crippen LogP contribution in [0.1, 0.15) is 37.2 Å². The molecule has 0 fully saturated rings. The van der Waals surface area contributed by atoms with Crippen molar-refractivity contribution in [3.63, 3.8) is 0 Å². The quantitative estimate of drug-likeness (QED) is 0.635. The number of carboxylic acids is 1. The second-order valence-electron chi connectivity index (χ2n) is 3.85. The third-order valence-corrected chi connectivity index (χ3v) is 3.25. The number of halogens is 1. The Balaban J connectivity index is 2.66. The molecular weight excluding hydrogens is 329 g/mol. The minimum atomic E-state index is -0.788. The molecule has 0 saturated carbocycles. The molecule has 1 aromatic rings. The van der Waals surface area contributed by atoms with E-state index in [9.17, 15) is 9.90 Å². The van der Waals surface area contributed by atoms with E-state index < -0.39 is 11.9 Å². The van der Waals surface area contributed by atoms with Gasteiger partial charge in [0.05, 0.1) is 12.0 Å². The number of rotatable bonds is 6. The molecule has 1 N–H and O–H groups in total. The first kappa shape index (κ1) is 14.0. The molecule has 4 heteroatoms. The van der Waals surface area contributed by atoms with Gasteiger partial charge in [-0.05, 0) is 53.1 Å². The van der Waals surface area contributed by atoms with Crippen LogP contribution in [-0.2, 0) is 4.79 Å². The van der Waals surface area contributed by atoms with Crippen LogP contribution >= 0.6 is 22.6 Å². The van der Waals surface area contributed by atoms with Gasteiger partial charge in [0, 0.05) is 9.99 Å². The van der Waals surface area contributed by atoms with Gasteiger partial charge in [-0.2, -0.15) is 5.26 Å². The van der Waals surface area contributed by atoms with E-state index in [1.54, 1.807) is 0 Å². The summed E-state index contributed by atoms with van der Waals surface area (Å²) in [5.74, 6) is -1.24. The van der Waals surface area contributed by atoms with Gasteiger partial charge in [-0.1, -0.05) is 18.6 Å². The summed E-state index contributed by atoms with van der Waals surface area (Å²) >= 11 is 2.18. The van der Waals surface area contributed by atoms with Crippen molar-refractivity contribution in [3.05, 3.63) is 33.4 Å². The van der Waals surface area contributed by atoms with Crippen LogP contribution in [0.25, 0.3) is 0 Å². The highest BCUT2D eigenvalue weighted by atomic mass is 127. The summed E-state index contributed by atoms with van der Waals surface area (Å²) in [4.78, 5) is 11.2. The lowest BCUT2D eigenvalue weighted by Crippen LogP contribution is -2.11. The highest BCUT2D eigenvalue weighted by molar-refractivity contribution is 14.1. The maximum absolute atomic E-state index is 11.2. The highest BCUT2D eigenvalue weighted by Crippen LogP contribution is 2.24. The molecule has 0 heterocycles. The normalized spacial score (nSPS) is 11.8. The van der Waals surface area contributed by atoms with E-state index in [1.807, 2.05) is 24.3 Å². The molecule has 0 radical (unpaired) electrons. The molecular formula is C13H14INO2. The molecule has 1 atom stereocenters. The maximum atomic E-state index is 11.2. The standard InChI is InChI=1S/C13H14INO2/c14-11-6-4-5-10(9-11)12(13(16)17)7-2-1-3-8-15/h4-6,9,12H,1-3,7H2,(H,16,17). The Morgan fingerprint density at radius 1 is 1.47 bits per heavy atom. The molecule has 90 valence electrons. The molecule has 1 rings (SSSR count). The van der Waals surface area contributed by atoms with E-state index in [0.717, 1.165) is 22.0 Å². The van der Waals surface area contributed by atoms with Crippen molar-refractivity contribution in [1.82, 2.24) is 0 Å². The number of carboxylic acid groups (broad SMARTS) is 1. The Hall–Kier alpha value is -1.09. The van der Waals surface area contributed by atoms with Gasteiger partial charge >= 0.3 is 5.97 Å². The van der Waals surface area contributed by atoms with E-state index in [1.165, 1.54) is 0 Å².